The molecule has 0 radical (unpaired) electrons. The Kier molecular flexibility index (Phi) is 8.58. The lowest BCUT2D eigenvalue weighted by Gasteiger charge is -2.23. The Bertz CT molecular complexity index is 1050. The molecule has 2 aromatic carbocycles. The van der Waals surface area contributed by atoms with Crippen LogP contribution in [0.4, 0.5) is 5.69 Å². The van der Waals surface area contributed by atoms with Gasteiger partial charge in [0.25, 0.3) is 0 Å². The van der Waals surface area contributed by atoms with Gasteiger partial charge in [-0.3, -0.25) is 4.98 Å². The van der Waals surface area contributed by atoms with E-state index < -0.39 is 0 Å². The number of hydrogen-bond acceptors (Lipinski definition) is 4. The number of pyridine rings is 1. The molecule has 0 saturated heterocycles. The van der Waals surface area contributed by atoms with Gasteiger partial charge in [0.05, 0.1) is 12.1 Å². The molecule has 0 amide bonds. The zero-order valence-electron chi connectivity index (χ0n) is 17.0. The molecule has 2 heterocycles. The fraction of sp³-hybridized carbons (Fsp3) is 0.208. The fourth-order valence-electron chi connectivity index (χ4n) is 3.43. The smallest absolute Gasteiger partial charge is 0.128 e. The topological polar surface area (TPSA) is 51.4 Å². The predicted molar refractivity (Wildman–Crippen MR) is 130 cm³/mol. The number of nitrogens with two attached hydrogens (primary N) is 1. The molecule has 0 atom stereocenters. The number of ether oxygens (including phenoxy) is 1. The van der Waals surface area contributed by atoms with Crippen molar-refractivity contribution in [2.45, 2.75) is 13.3 Å². The summed E-state index contributed by atoms with van der Waals surface area (Å²) in [6, 6.07) is 18.2. The van der Waals surface area contributed by atoms with Crippen molar-refractivity contribution in [2.75, 3.05) is 25.4 Å². The number of aryl methyl sites for hydroxylation is 1. The number of halogens is 2. The van der Waals surface area contributed by atoms with E-state index in [0.717, 1.165) is 47.5 Å². The molecule has 0 fully saturated rings. The maximum absolute atomic E-state index is 6.05. The van der Waals surface area contributed by atoms with Gasteiger partial charge in [-0.2, -0.15) is 0 Å². The van der Waals surface area contributed by atoms with Crippen molar-refractivity contribution in [2.24, 2.45) is 0 Å². The molecule has 4 nitrogen and oxygen atoms in total. The molecule has 0 bridgehead atoms. The monoisotopic (exact) mass is 443 g/mol. The van der Waals surface area contributed by atoms with Gasteiger partial charge in [0.1, 0.15) is 12.4 Å². The van der Waals surface area contributed by atoms with Crippen molar-refractivity contribution in [3.63, 3.8) is 0 Å². The van der Waals surface area contributed by atoms with Gasteiger partial charge in [-0.05, 0) is 73.2 Å². The molecular formula is C24H27Cl2N3O. The molecular weight excluding hydrogens is 417 g/mol. The summed E-state index contributed by atoms with van der Waals surface area (Å²) in [6.45, 7) is 4.38. The third-order valence-electron chi connectivity index (χ3n) is 4.91. The maximum atomic E-state index is 6.05. The van der Waals surface area contributed by atoms with E-state index in [1.807, 2.05) is 49.4 Å². The Labute approximate surface area is 190 Å². The minimum absolute atomic E-state index is 0. The van der Waals surface area contributed by atoms with Gasteiger partial charge in [-0.15, -0.1) is 24.8 Å². The molecule has 2 N–H and O–H groups in total. The van der Waals surface area contributed by atoms with Crippen molar-refractivity contribution >= 4 is 41.4 Å². The lowest BCUT2D eigenvalue weighted by atomic mass is 10.0. The number of nitrogen functional groups attached to an aromatic ring is 1. The van der Waals surface area contributed by atoms with Gasteiger partial charge in [-0.1, -0.05) is 24.3 Å². The highest BCUT2D eigenvalue weighted by atomic mass is 35.5. The zero-order valence-corrected chi connectivity index (χ0v) is 18.6. The van der Waals surface area contributed by atoms with Crippen LogP contribution >= 0.6 is 24.8 Å². The highest BCUT2D eigenvalue weighted by molar-refractivity contribution is 5.86. The second-order valence-corrected chi connectivity index (χ2v) is 7.14. The summed E-state index contributed by atoms with van der Waals surface area (Å²) in [5.74, 6) is 0.892. The third kappa shape index (κ3) is 5.91. The van der Waals surface area contributed by atoms with Gasteiger partial charge in [0.15, 0.2) is 0 Å². The first-order valence-corrected chi connectivity index (χ1v) is 9.62. The molecule has 1 aliphatic rings. The molecule has 0 aliphatic carbocycles. The van der Waals surface area contributed by atoms with Gasteiger partial charge < -0.3 is 15.4 Å². The Morgan fingerprint density at radius 2 is 1.90 bits per heavy atom. The highest BCUT2D eigenvalue weighted by Crippen LogP contribution is 2.24. The summed E-state index contributed by atoms with van der Waals surface area (Å²) in [4.78, 5) is 6.83. The number of nitrogens with zero attached hydrogens (tertiary/aromatic N) is 2. The van der Waals surface area contributed by atoms with E-state index in [4.69, 9.17) is 10.5 Å². The van der Waals surface area contributed by atoms with Crippen LogP contribution in [0.25, 0.3) is 10.9 Å². The number of fused-ring (bicyclic) bond motifs is 1. The standard InChI is InChI=1S/C24H25N3O.2ClH/c1-18-8-9-22-23(26-18)6-3-7-24(22)28-15-14-27-12-10-19(11-13-27)16-20-4-2-5-21(25)17-20;;/h2-12,17H,13-16,25H2,1H3;2*1H. The van der Waals surface area contributed by atoms with E-state index in [1.54, 1.807) is 0 Å². The molecule has 3 aromatic rings. The number of allylic oxidation sites excluding steroid dienone is 2. The van der Waals surface area contributed by atoms with Gasteiger partial charge >= 0.3 is 0 Å². The summed E-state index contributed by atoms with van der Waals surface area (Å²) >= 11 is 0. The maximum Gasteiger partial charge on any atom is 0.128 e. The number of anilines is 1. The van der Waals surface area contributed by atoms with Gasteiger partial charge in [-0.25, -0.2) is 0 Å². The normalized spacial score (nSPS) is 12.7. The molecule has 158 valence electrons. The lowest BCUT2D eigenvalue weighted by Crippen LogP contribution is -2.25. The van der Waals surface area contributed by atoms with Gasteiger partial charge in [0, 0.05) is 23.3 Å². The quantitative estimate of drug-likeness (QED) is 0.521. The minimum Gasteiger partial charge on any atom is -0.491 e. The summed E-state index contributed by atoms with van der Waals surface area (Å²) in [7, 11) is 0. The van der Waals surface area contributed by atoms with Crippen LogP contribution in [0.5, 0.6) is 5.75 Å². The summed E-state index contributed by atoms with van der Waals surface area (Å²) in [6.07, 6.45) is 7.51. The van der Waals surface area contributed by atoms with E-state index in [9.17, 15) is 0 Å². The molecule has 0 spiro atoms. The van der Waals surface area contributed by atoms with Gasteiger partial charge in [0.2, 0.25) is 0 Å². The Balaban J connectivity index is 0.00000160. The second kappa shape index (κ2) is 10.9. The van der Waals surface area contributed by atoms with E-state index in [-0.39, 0.29) is 24.8 Å². The van der Waals surface area contributed by atoms with Crippen molar-refractivity contribution in [3.05, 3.63) is 89.8 Å². The lowest BCUT2D eigenvalue weighted by molar-refractivity contribution is 0.265. The van der Waals surface area contributed by atoms with Crippen LogP contribution in [0, 0.1) is 6.92 Å². The number of hydrogen-bond donors (Lipinski definition) is 1. The van der Waals surface area contributed by atoms with Crippen LogP contribution < -0.4 is 10.5 Å². The first kappa shape index (κ1) is 23.6. The van der Waals surface area contributed by atoms with E-state index >= 15 is 0 Å². The molecule has 1 aromatic heterocycles. The van der Waals surface area contributed by atoms with E-state index in [1.165, 1.54) is 11.1 Å². The summed E-state index contributed by atoms with van der Waals surface area (Å²) < 4.78 is 6.05. The summed E-state index contributed by atoms with van der Waals surface area (Å²) in [5, 5.41) is 1.06. The first-order valence-electron chi connectivity index (χ1n) is 9.62. The fourth-order valence-corrected chi connectivity index (χ4v) is 3.43. The Hall–Kier alpha value is -2.69. The van der Waals surface area contributed by atoms with Crippen LogP contribution in [0.1, 0.15) is 11.3 Å². The second-order valence-electron chi connectivity index (χ2n) is 7.14. The van der Waals surface area contributed by atoms with Crippen molar-refractivity contribution in [3.8, 4) is 5.75 Å². The van der Waals surface area contributed by atoms with Crippen LogP contribution in [-0.4, -0.2) is 29.6 Å². The van der Waals surface area contributed by atoms with Crippen LogP contribution in [0.15, 0.2) is 78.5 Å². The average molecular weight is 444 g/mol. The molecule has 0 unspecified atom stereocenters. The first-order chi connectivity index (χ1) is 13.7. The summed E-state index contributed by atoms with van der Waals surface area (Å²) in [5.41, 5.74) is 11.2. The number of aromatic nitrogens is 1. The van der Waals surface area contributed by atoms with Crippen molar-refractivity contribution < 1.29 is 4.74 Å². The Morgan fingerprint density at radius 1 is 1.07 bits per heavy atom. The molecule has 4 rings (SSSR count). The Morgan fingerprint density at radius 3 is 2.67 bits per heavy atom. The minimum atomic E-state index is 0. The predicted octanol–water partition coefficient (Wildman–Crippen LogP) is 5.35. The van der Waals surface area contributed by atoms with E-state index in [2.05, 4.69) is 40.4 Å². The molecule has 1 aliphatic heterocycles. The van der Waals surface area contributed by atoms with Crippen LogP contribution in [0.3, 0.4) is 0 Å². The average Bonchev–Trinajstić information content (AvgIpc) is 2.69. The van der Waals surface area contributed by atoms with Crippen molar-refractivity contribution in [1.29, 1.82) is 0 Å². The number of rotatable bonds is 6. The third-order valence-corrected chi connectivity index (χ3v) is 4.91. The van der Waals surface area contributed by atoms with Crippen LogP contribution in [0.2, 0.25) is 0 Å². The molecule has 6 heteroatoms. The largest absolute Gasteiger partial charge is 0.491 e. The van der Waals surface area contributed by atoms with Crippen molar-refractivity contribution in [1.82, 2.24) is 9.88 Å². The molecule has 30 heavy (non-hydrogen) atoms. The van der Waals surface area contributed by atoms with E-state index in [0.29, 0.717) is 6.61 Å². The number of benzene rings is 2. The SMILES string of the molecule is Cc1ccc2c(OCCN3C=CC(Cc4cccc(N)c4)=CC3)cccc2n1.Cl.Cl. The zero-order chi connectivity index (χ0) is 19.3. The van der Waals surface area contributed by atoms with Crippen LogP contribution in [-0.2, 0) is 6.42 Å². The highest BCUT2D eigenvalue weighted by Gasteiger charge is 2.08. The molecule has 0 saturated carbocycles.